The van der Waals surface area contributed by atoms with Crippen LogP contribution in [0.1, 0.15) is 20.3 Å². The summed E-state index contributed by atoms with van der Waals surface area (Å²) in [5.74, 6) is 0.769. The summed E-state index contributed by atoms with van der Waals surface area (Å²) in [6, 6.07) is 17.4. The fourth-order valence-corrected chi connectivity index (χ4v) is 2.95. The van der Waals surface area contributed by atoms with Gasteiger partial charge in [-0.25, -0.2) is 0 Å². The van der Waals surface area contributed by atoms with Crippen LogP contribution in [0.15, 0.2) is 48.5 Å². The predicted octanol–water partition coefficient (Wildman–Crippen LogP) is 4.43. The van der Waals surface area contributed by atoms with Crippen molar-refractivity contribution in [1.82, 2.24) is 9.88 Å². The fourth-order valence-electron chi connectivity index (χ4n) is 2.95. The number of fused-ring (bicyclic) bond motifs is 3. The molecule has 2 nitrogen and oxygen atoms in total. The Kier molecular flexibility index (Phi) is 4.26. The average molecular weight is 280 g/mol. The highest BCUT2D eigenvalue weighted by atomic mass is 15.0. The van der Waals surface area contributed by atoms with Gasteiger partial charge in [-0.15, -0.1) is 0 Å². The zero-order valence-electron chi connectivity index (χ0n) is 13.0. The summed E-state index contributed by atoms with van der Waals surface area (Å²) in [5, 5.41) is 6.28. The van der Waals surface area contributed by atoms with Gasteiger partial charge in [0.1, 0.15) is 0 Å². The Morgan fingerprint density at radius 2 is 1.43 bits per heavy atom. The van der Waals surface area contributed by atoms with Gasteiger partial charge >= 0.3 is 0 Å². The molecule has 0 saturated heterocycles. The third-order valence-electron chi connectivity index (χ3n) is 4.09. The molecule has 0 aliphatic carbocycles. The van der Waals surface area contributed by atoms with E-state index in [2.05, 4.69) is 72.3 Å². The fraction of sp³-hybridized carbons (Fsp3) is 0.368. The molecule has 0 saturated carbocycles. The molecular formula is C19H24N2. The highest BCUT2D eigenvalue weighted by molar-refractivity contribution is 6.07. The quantitative estimate of drug-likeness (QED) is 0.661. The lowest BCUT2D eigenvalue weighted by molar-refractivity contribution is 0.525. The molecule has 2 aromatic carbocycles. The van der Waals surface area contributed by atoms with Crippen LogP contribution in [0, 0.1) is 5.92 Å². The van der Waals surface area contributed by atoms with Crippen LogP contribution in [0.5, 0.6) is 0 Å². The van der Waals surface area contributed by atoms with Gasteiger partial charge in [-0.2, -0.15) is 0 Å². The zero-order chi connectivity index (χ0) is 14.7. The molecule has 0 unspecified atom stereocenters. The third-order valence-corrected chi connectivity index (χ3v) is 4.09. The molecule has 1 heterocycles. The Hall–Kier alpha value is -1.80. The molecule has 0 bridgehead atoms. The lowest BCUT2D eigenvalue weighted by Gasteiger charge is -2.10. The van der Waals surface area contributed by atoms with Gasteiger partial charge in [-0.05, 0) is 31.0 Å². The number of para-hydroxylation sites is 2. The van der Waals surface area contributed by atoms with E-state index < -0.39 is 0 Å². The SMILES string of the molecule is CC(C)CCNCCn1c2ccccc2c2ccccc21. The molecule has 0 spiro atoms. The normalized spacial score (nSPS) is 11.8. The van der Waals surface area contributed by atoms with E-state index >= 15 is 0 Å². The Labute approximate surface area is 126 Å². The second-order valence-electron chi connectivity index (χ2n) is 6.12. The summed E-state index contributed by atoms with van der Waals surface area (Å²) in [7, 11) is 0. The Bertz CT molecular complexity index is 671. The molecule has 0 aliphatic rings. The summed E-state index contributed by atoms with van der Waals surface area (Å²) in [6.07, 6.45) is 1.24. The first-order valence-electron chi connectivity index (χ1n) is 7.94. The van der Waals surface area contributed by atoms with Crippen LogP contribution >= 0.6 is 0 Å². The molecular weight excluding hydrogens is 256 g/mol. The highest BCUT2D eigenvalue weighted by Crippen LogP contribution is 2.28. The van der Waals surface area contributed by atoms with Crippen LogP contribution in [0.4, 0.5) is 0 Å². The van der Waals surface area contributed by atoms with Crippen LogP contribution in [-0.4, -0.2) is 17.7 Å². The van der Waals surface area contributed by atoms with Crippen LogP contribution in [-0.2, 0) is 6.54 Å². The van der Waals surface area contributed by atoms with E-state index in [1.165, 1.54) is 28.2 Å². The van der Waals surface area contributed by atoms with Crippen LogP contribution < -0.4 is 5.32 Å². The van der Waals surface area contributed by atoms with Crippen molar-refractivity contribution in [2.75, 3.05) is 13.1 Å². The molecule has 110 valence electrons. The molecule has 3 aromatic rings. The third kappa shape index (κ3) is 2.96. The monoisotopic (exact) mass is 280 g/mol. The van der Waals surface area contributed by atoms with Crippen LogP contribution in [0.2, 0.25) is 0 Å². The second-order valence-corrected chi connectivity index (χ2v) is 6.12. The van der Waals surface area contributed by atoms with E-state index in [-0.39, 0.29) is 0 Å². The summed E-state index contributed by atoms with van der Waals surface area (Å²) >= 11 is 0. The van der Waals surface area contributed by atoms with Crippen molar-refractivity contribution in [3.05, 3.63) is 48.5 Å². The molecule has 0 atom stereocenters. The van der Waals surface area contributed by atoms with E-state index in [1.54, 1.807) is 0 Å². The molecule has 0 amide bonds. The number of rotatable bonds is 6. The first kappa shape index (κ1) is 14.2. The summed E-state index contributed by atoms with van der Waals surface area (Å²) in [4.78, 5) is 0. The summed E-state index contributed by atoms with van der Waals surface area (Å²) in [6.45, 7) is 7.69. The predicted molar refractivity (Wildman–Crippen MR) is 91.8 cm³/mol. The molecule has 21 heavy (non-hydrogen) atoms. The highest BCUT2D eigenvalue weighted by Gasteiger charge is 2.08. The number of hydrogen-bond donors (Lipinski definition) is 1. The number of benzene rings is 2. The van der Waals surface area contributed by atoms with Crippen molar-refractivity contribution in [1.29, 1.82) is 0 Å². The second kappa shape index (κ2) is 6.31. The Morgan fingerprint density at radius 1 is 0.857 bits per heavy atom. The van der Waals surface area contributed by atoms with Gasteiger partial charge in [0.25, 0.3) is 0 Å². The largest absolute Gasteiger partial charge is 0.339 e. The minimum Gasteiger partial charge on any atom is -0.339 e. The van der Waals surface area contributed by atoms with E-state index in [9.17, 15) is 0 Å². The smallest absolute Gasteiger partial charge is 0.0491 e. The minimum absolute atomic E-state index is 0.769. The van der Waals surface area contributed by atoms with Crippen molar-refractivity contribution < 1.29 is 0 Å². The maximum Gasteiger partial charge on any atom is 0.0491 e. The minimum atomic E-state index is 0.769. The topological polar surface area (TPSA) is 17.0 Å². The van der Waals surface area contributed by atoms with Gasteiger partial charge in [0.15, 0.2) is 0 Å². The van der Waals surface area contributed by atoms with Crippen molar-refractivity contribution in [2.24, 2.45) is 5.92 Å². The number of hydrogen-bond acceptors (Lipinski definition) is 1. The van der Waals surface area contributed by atoms with Gasteiger partial charge < -0.3 is 9.88 Å². The zero-order valence-corrected chi connectivity index (χ0v) is 13.0. The molecule has 1 aromatic heterocycles. The van der Waals surface area contributed by atoms with E-state index in [0.717, 1.165) is 25.6 Å². The number of nitrogens with zero attached hydrogens (tertiary/aromatic N) is 1. The van der Waals surface area contributed by atoms with Crippen molar-refractivity contribution >= 4 is 21.8 Å². The van der Waals surface area contributed by atoms with E-state index in [4.69, 9.17) is 0 Å². The lowest BCUT2D eigenvalue weighted by atomic mass is 10.1. The Balaban J connectivity index is 1.83. The standard InChI is InChI=1S/C19H24N2/c1-15(2)11-12-20-13-14-21-18-9-5-3-7-16(18)17-8-4-6-10-19(17)21/h3-10,15,20H,11-14H2,1-2H3. The molecule has 0 aliphatic heterocycles. The van der Waals surface area contributed by atoms with E-state index in [1.807, 2.05) is 0 Å². The molecule has 2 heteroatoms. The van der Waals surface area contributed by atoms with Gasteiger partial charge in [0, 0.05) is 34.9 Å². The summed E-state index contributed by atoms with van der Waals surface area (Å²) < 4.78 is 2.44. The Morgan fingerprint density at radius 3 is 2.00 bits per heavy atom. The summed E-state index contributed by atoms with van der Waals surface area (Å²) in [5.41, 5.74) is 2.67. The van der Waals surface area contributed by atoms with Crippen molar-refractivity contribution in [3.63, 3.8) is 0 Å². The van der Waals surface area contributed by atoms with Gasteiger partial charge in [0.2, 0.25) is 0 Å². The van der Waals surface area contributed by atoms with Crippen molar-refractivity contribution in [2.45, 2.75) is 26.8 Å². The maximum atomic E-state index is 3.56. The molecule has 0 radical (unpaired) electrons. The van der Waals surface area contributed by atoms with Gasteiger partial charge in [0.05, 0.1) is 0 Å². The number of aromatic nitrogens is 1. The lowest BCUT2D eigenvalue weighted by Crippen LogP contribution is -2.21. The first-order chi connectivity index (χ1) is 10.3. The van der Waals surface area contributed by atoms with Crippen molar-refractivity contribution in [3.8, 4) is 0 Å². The average Bonchev–Trinajstić information content (AvgIpc) is 2.81. The van der Waals surface area contributed by atoms with Gasteiger partial charge in [-0.3, -0.25) is 0 Å². The van der Waals surface area contributed by atoms with E-state index in [0.29, 0.717) is 0 Å². The number of nitrogens with one attached hydrogen (secondary N) is 1. The van der Waals surface area contributed by atoms with Crippen LogP contribution in [0.3, 0.4) is 0 Å². The van der Waals surface area contributed by atoms with Gasteiger partial charge in [-0.1, -0.05) is 50.2 Å². The van der Waals surface area contributed by atoms with Crippen LogP contribution in [0.25, 0.3) is 21.8 Å². The maximum absolute atomic E-state index is 3.56. The molecule has 1 N–H and O–H groups in total. The first-order valence-corrected chi connectivity index (χ1v) is 7.94. The molecule has 0 fully saturated rings. The molecule has 3 rings (SSSR count).